The lowest BCUT2D eigenvalue weighted by atomic mass is 9.57. The maximum Gasteiger partial charge on any atom is 0.255 e. The molecular weight excluding hydrogens is 608 g/mol. The lowest BCUT2D eigenvalue weighted by Crippen LogP contribution is -2.65. The Morgan fingerprint density at radius 1 is 1.11 bits per heavy atom. The molecule has 2 aromatic rings. The van der Waals surface area contributed by atoms with Gasteiger partial charge in [-0.25, -0.2) is 0 Å². The molecule has 2 fully saturated rings. The molecule has 1 saturated heterocycles. The molecule has 2 aromatic carbocycles. The number of nitrogens with zero attached hydrogens (tertiary/aromatic N) is 2. The van der Waals surface area contributed by atoms with Crippen molar-refractivity contribution in [3.63, 3.8) is 0 Å². The highest BCUT2D eigenvalue weighted by molar-refractivity contribution is 6.24. The normalized spacial score (nSPS) is 26.2. The van der Waals surface area contributed by atoms with E-state index >= 15 is 0 Å². The summed E-state index contributed by atoms with van der Waals surface area (Å²) < 4.78 is 5.37. The van der Waals surface area contributed by atoms with Gasteiger partial charge in [0.15, 0.2) is 11.4 Å². The van der Waals surface area contributed by atoms with E-state index in [1.807, 2.05) is 0 Å². The van der Waals surface area contributed by atoms with E-state index in [0.717, 1.165) is 13.1 Å². The molecule has 0 aromatic heterocycles. The molecule has 13 nitrogen and oxygen atoms in total. The number of hydrogen-bond acceptors (Lipinski definition) is 11. The van der Waals surface area contributed by atoms with Crippen molar-refractivity contribution in [3.05, 3.63) is 70.0 Å². The quantitative estimate of drug-likeness (QED) is 0.231. The predicted octanol–water partition coefficient (Wildman–Crippen LogP) is 0.693. The monoisotopic (exact) mass is 646 g/mol. The summed E-state index contributed by atoms with van der Waals surface area (Å²) in [5, 5.41) is 48.3. The number of nitrogens with two attached hydrogens (primary N) is 1. The van der Waals surface area contributed by atoms with E-state index in [4.69, 9.17) is 10.5 Å². The summed E-state index contributed by atoms with van der Waals surface area (Å²) >= 11 is 0. The van der Waals surface area contributed by atoms with Gasteiger partial charge in [-0.1, -0.05) is 18.2 Å². The lowest BCUT2D eigenvalue weighted by molar-refractivity contribution is -0.153. The highest BCUT2D eigenvalue weighted by atomic mass is 16.5. The Bertz CT molecular complexity index is 1740. The van der Waals surface area contributed by atoms with Gasteiger partial charge in [0.25, 0.3) is 11.8 Å². The molecule has 13 heteroatoms. The zero-order valence-electron chi connectivity index (χ0n) is 26.2. The second kappa shape index (κ2) is 12.2. The summed E-state index contributed by atoms with van der Waals surface area (Å²) in [4.78, 5) is 56.4. The number of carbonyl (C=O) groups excluding carboxylic acids is 4. The van der Waals surface area contributed by atoms with Gasteiger partial charge in [0.2, 0.25) is 5.78 Å². The molecule has 0 bridgehead atoms. The van der Waals surface area contributed by atoms with Crippen LogP contribution in [-0.2, 0) is 25.5 Å². The molecule has 3 aliphatic carbocycles. The van der Waals surface area contributed by atoms with E-state index < -0.39 is 58.0 Å². The molecule has 1 unspecified atom stereocenters. The van der Waals surface area contributed by atoms with Crippen LogP contribution in [0.3, 0.4) is 0 Å². The van der Waals surface area contributed by atoms with E-state index in [2.05, 4.69) is 10.2 Å². The van der Waals surface area contributed by atoms with Crippen molar-refractivity contribution in [1.82, 2.24) is 15.1 Å². The Kier molecular flexibility index (Phi) is 8.43. The van der Waals surface area contributed by atoms with E-state index in [0.29, 0.717) is 48.6 Å². The van der Waals surface area contributed by atoms with Gasteiger partial charge in [-0.05, 0) is 67.7 Å². The van der Waals surface area contributed by atoms with Crippen molar-refractivity contribution in [1.29, 1.82) is 0 Å². The second-order valence-electron chi connectivity index (χ2n) is 12.7. The first kappa shape index (κ1) is 32.4. The van der Waals surface area contributed by atoms with E-state index in [1.165, 1.54) is 11.0 Å². The van der Waals surface area contributed by atoms with Gasteiger partial charge in [-0.2, -0.15) is 0 Å². The average molecular weight is 647 g/mol. The molecular formula is C34H38N4O9. The molecule has 2 amide bonds. The van der Waals surface area contributed by atoms with Gasteiger partial charge in [0.05, 0.1) is 24.8 Å². The minimum atomic E-state index is -2.71. The Morgan fingerprint density at radius 3 is 2.51 bits per heavy atom. The summed E-state index contributed by atoms with van der Waals surface area (Å²) in [6.45, 7) is 4.11. The minimum Gasteiger partial charge on any atom is -0.508 e. The Labute approximate surface area is 270 Å². The highest BCUT2D eigenvalue weighted by Crippen LogP contribution is 2.53. The first-order valence-electron chi connectivity index (χ1n) is 15.5. The third-order valence-electron chi connectivity index (χ3n) is 9.86. The molecule has 7 N–H and O–H groups in total. The molecule has 1 saturated carbocycles. The van der Waals surface area contributed by atoms with Gasteiger partial charge in [0.1, 0.15) is 22.8 Å². The lowest BCUT2D eigenvalue weighted by Gasteiger charge is -2.50. The standard InChI is InChI=1S/C34H38N4O9/c1-37(2)27-22-16-19-15-21-20(17-4-3-5-18(14-17)33(45)36-8-9-38-10-12-47-13-11-38)6-7-23(39)25(21)28(40)24(19)30(42)34(22,46)31(43)26(29(27)41)32(35)44/h3-7,14,19,22,27,39-40,43,46H,8-13,15-16H2,1-2H3,(H2,35,44)(H,36,45)/t19-,22-,27?,34-/m0/s1. The maximum absolute atomic E-state index is 14.1. The van der Waals surface area contributed by atoms with E-state index in [1.54, 1.807) is 44.4 Å². The van der Waals surface area contributed by atoms with Crippen LogP contribution in [0.25, 0.3) is 16.9 Å². The van der Waals surface area contributed by atoms with Crippen molar-refractivity contribution >= 4 is 29.1 Å². The summed E-state index contributed by atoms with van der Waals surface area (Å²) in [6.07, 6.45) is 0.112. The topological polar surface area (TPSA) is 203 Å². The molecule has 4 atom stereocenters. The second-order valence-corrected chi connectivity index (χ2v) is 12.7. The highest BCUT2D eigenvalue weighted by Gasteiger charge is 2.64. The number of Topliss-reactive ketones (excluding diaryl/α,β-unsaturated/α-hetero) is 2. The number of phenols is 1. The van der Waals surface area contributed by atoms with Crippen LogP contribution in [0.5, 0.6) is 5.75 Å². The number of aliphatic hydroxyl groups is 3. The molecule has 248 valence electrons. The Hall–Kier alpha value is -4.56. The van der Waals surface area contributed by atoms with E-state index in [9.17, 15) is 39.6 Å². The molecule has 4 aliphatic rings. The first-order valence-corrected chi connectivity index (χ1v) is 15.5. The number of primary amides is 1. The third-order valence-corrected chi connectivity index (χ3v) is 9.86. The number of nitrogens with one attached hydrogen (secondary N) is 1. The van der Waals surface area contributed by atoms with Crippen LogP contribution in [-0.4, -0.2) is 119 Å². The Morgan fingerprint density at radius 2 is 1.83 bits per heavy atom. The Balaban J connectivity index is 1.36. The number of hydrogen-bond donors (Lipinski definition) is 6. The molecule has 0 radical (unpaired) electrons. The molecule has 47 heavy (non-hydrogen) atoms. The van der Waals surface area contributed by atoms with Gasteiger partial charge >= 0.3 is 0 Å². The van der Waals surface area contributed by atoms with Gasteiger partial charge < -0.3 is 36.2 Å². The predicted molar refractivity (Wildman–Crippen MR) is 169 cm³/mol. The third kappa shape index (κ3) is 5.28. The fourth-order valence-electron chi connectivity index (χ4n) is 7.60. The van der Waals surface area contributed by atoms with Crippen LogP contribution in [0.2, 0.25) is 0 Å². The summed E-state index contributed by atoms with van der Waals surface area (Å²) in [5.74, 6) is -7.33. The summed E-state index contributed by atoms with van der Waals surface area (Å²) in [7, 11) is 3.10. The number of aliphatic hydroxyl groups excluding tert-OH is 2. The van der Waals surface area contributed by atoms with Crippen LogP contribution >= 0.6 is 0 Å². The number of rotatable bonds is 7. The van der Waals surface area contributed by atoms with E-state index in [-0.39, 0.29) is 35.6 Å². The number of fused-ring (bicyclic) bond motifs is 3. The van der Waals surface area contributed by atoms with Crippen molar-refractivity contribution in [2.75, 3.05) is 53.5 Å². The van der Waals surface area contributed by atoms with Crippen molar-refractivity contribution in [2.45, 2.75) is 24.5 Å². The number of benzene rings is 2. The number of aromatic hydroxyl groups is 1. The first-order chi connectivity index (χ1) is 22.4. The van der Waals surface area contributed by atoms with Crippen LogP contribution in [0.4, 0.5) is 0 Å². The van der Waals surface area contributed by atoms with Gasteiger partial charge in [-0.15, -0.1) is 0 Å². The van der Waals surface area contributed by atoms with Crippen LogP contribution in [0.1, 0.15) is 27.9 Å². The number of phenolic OH excluding ortho intramolecular Hbond substituents is 1. The zero-order valence-corrected chi connectivity index (χ0v) is 26.2. The molecule has 6 rings (SSSR count). The SMILES string of the molecule is CN(C)C1C(=O)C(C(N)=O)=C(O)[C@@]2(O)C(=O)C3=C(O)c4c(O)ccc(-c5cccc(C(=O)NCCN6CCOCC6)c5)c4C[C@H]3C[C@@H]12. The average Bonchev–Trinajstić information content (AvgIpc) is 3.03. The fraction of sp³-hybridized carbons (Fsp3) is 0.412. The number of amides is 2. The van der Waals surface area contributed by atoms with Crippen molar-refractivity contribution < 1.29 is 44.3 Å². The fourth-order valence-corrected chi connectivity index (χ4v) is 7.60. The summed E-state index contributed by atoms with van der Waals surface area (Å²) in [5.41, 5.74) is 3.77. The maximum atomic E-state index is 14.1. The number of ether oxygens (including phenoxy) is 1. The number of morpholine rings is 1. The minimum absolute atomic E-state index is 0.0147. The van der Waals surface area contributed by atoms with Crippen molar-refractivity contribution in [3.8, 4) is 16.9 Å². The number of likely N-dealkylation sites (N-methyl/N-ethyl adjacent to an activating group) is 1. The van der Waals surface area contributed by atoms with Crippen molar-refractivity contribution in [2.24, 2.45) is 17.6 Å². The molecule has 0 spiro atoms. The van der Waals surface area contributed by atoms with Crippen LogP contribution < -0.4 is 11.1 Å². The zero-order chi connectivity index (χ0) is 33.8. The summed E-state index contributed by atoms with van der Waals surface area (Å²) in [6, 6.07) is 8.81. The van der Waals surface area contributed by atoms with Gasteiger partial charge in [0, 0.05) is 43.2 Å². The number of carbonyl (C=O) groups is 4. The molecule has 1 aliphatic heterocycles. The number of ketones is 2. The largest absolute Gasteiger partial charge is 0.508 e. The van der Waals surface area contributed by atoms with Gasteiger partial charge in [-0.3, -0.25) is 29.0 Å². The van der Waals surface area contributed by atoms with Crippen LogP contribution in [0.15, 0.2) is 53.3 Å². The molecule has 1 heterocycles. The smallest absolute Gasteiger partial charge is 0.255 e. The van der Waals surface area contributed by atoms with Crippen LogP contribution in [0, 0.1) is 11.8 Å².